The Hall–Kier alpha value is -9.81. The number of hydrogen-bond acceptors (Lipinski definition) is 21. The van der Waals surface area contributed by atoms with Gasteiger partial charge >= 0.3 is 17.9 Å². The van der Waals surface area contributed by atoms with Gasteiger partial charge in [0, 0.05) is 118 Å². The van der Waals surface area contributed by atoms with E-state index < -0.39 is 49.5 Å². The standard InChI is InChI=1S/C33H45N5O5.C32H43N5O5.C31H41N5O5/c1-34-30(39)14-13-28(36-43-20-31(40)41)32-33(42)38(29-12-5-4-11-27(29)35-32)26-18-23-9-6-10-24(19-26)37(23)25-16-21-7-2-3-8-22(15-21)17-25;33-29(38)13-12-27(35-42-19-30(39)40)31-32(41)37(28-11-4-3-10-26(28)34-31)25-17-22-8-5-9-23(18-25)36(22)24-15-20-6-1-2-7-21(14-20)16-24;32-28(37)12-11-26(34-41-18-29(38)39)30-31(40)36(27-10-2-1-9-25(27)33-30)24-16-21-7-4-8-22(17-24)35(21)23-14-19-5-3-6-20(13-19)15-23/h4-5,11-12,21-26H,2-3,6-10,13-20H2,1H3,(H,34,39)(H,40,41);3-4,10-11,20-25H,1-2,5-9,12-19H2,(H2,33,38)(H,39,40);1-2,9-10,19-24H,3-8,11-18H2,(H2,32,37)(H,38,39)/t21?,22?,23-,24+,25?,26?;20?,21?,22-,23+,24?,25?;19?,20?,21-,22+,23?,24?. The van der Waals surface area contributed by atoms with Crippen LogP contribution in [0.5, 0.6) is 0 Å². The molecular formula is C96H129N15O15. The molecule has 6 aliphatic carbocycles. The number of piperidine rings is 6. The number of carboxylic acids is 3. The summed E-state index contributed by atoms with van der Waals surface area (Å²) in [6.07, 6.45) is 43.8. The molecule has 126 heavy (non-hydrogen) atoms. The lowest BCUT2D eigenvalue weighted by molar-refractivity contribution is -0.143. The summed E-state index contributed by atoms with van der Waals surface area (Å²) in [5, 5.41) is 41.7. The highest BCUT2D eigenvalue weighted by atomic mass is 16.6. The third kappa shape index (κ3) is 21.0. The van der Waals surface area contributed by atoms with Crippen LogP contribution in [0.15, 0.2) is 103 Å². The second-order valence-corrected chi connectivity index (χ2v) is 38.8. The Morgan fingerprint density at radius 1 is 0.341 bits per heavy atom. The molecule has 30 heteroatoms. The van der Waals surface area contributed by atoms with E-state index in [2.05, 4.69) is 45.5 Å². The second-order valence-electron chi connectivity index (χ2n) is 38.8. The van der Waals surface area contributed by atoms with Gasteiger partial charge in [0.05, 0.1) is 33.1 Å². The molecule has 18 rings (SSSR count). The van der Waals surface area contributed by atoms with Crippen molar-refractivity contribution in [2.75, 3.05) is 26.9 Å². The van der Waals surface area contributed by atoms with Gasteiger partial charge in [0.15, 0.2) is 17.1 Å². The van der Waals surface area contributed by atoms with E-state index in [9.17, 15) is 43.2 Å². The number of primary amides is 2. The first-order chi connectivity index (χ1) is 61.1. The molecule has 6 aromatic rings. The fraction of sp³-hybridized carbons (Fsp3) is 0.656. The Kier molecular flexibility index (Phi) is 29.2. The van der Waals surface area contributed by atoms with Gasteiger partial charge in [-0.25, -0.2) is 29.3 Å². The number of oxime groups is 3. The second kappa shape index (κ2) is 41.1. The summed E-state index contributed by atoms with van der Waals surface area (Å²) in [5.74, 6) is 0.362. The summed E-state index contributed by atoms with van der Waals surface area (Å²) in [4.78, 5) is 149. The van der Waals surface area contributed by atoms with Crippen molar-refractivity contribution in [3.05, 3.63) is 121 Å². The molecule has 8 N–H and O–H groups in total. The highest BCUT2D eigenvalue weighted by Crippen LogP contribution is 2.52. The number of fused-ring (bicyclic) bond motifs is 15. The van der Waals surface area contributed by atoms with Gasteiger partial charge in [-0.2, -0.15) is 0 Å². The molecule has 3 aromatic carbocycles. The molecule has 6 aliphatic heterocycles. The Balaban J connectivity index is 0.000000139. The lowest BCUT2D eigenvalue weighted by Crippen LogP contribution is -2.58. The van der Waals surface area contributed by atoms with Crippen molar-refractivity contribution in [3.63, 3.8) is 0 Å². The van der Waals surface area contributed by atoms with Gasteiger partial charge in [-0.1, -0.05) is 142 Å². The first kappa shape index (κ1) is 89.6. The van der Waals surface area contributed by atoms with Crippen LogP contribution in [0.2, 0.25) is 0 Å². The first-order valence-corrected chi connectivity index (χ1v) is 47.5. The van der Waals surface area contributed by atoms with Crippen LogP contribution >= 0.6 is 0 Å². The van der Waals surface area contributed by atoms with E-state index >= 15 is 0 Å². The summed E-state index contributed by atoms with van der Waals surface area (Å²) < 4.78 is 5.72. The highest BCUT2D eigenvalue weighted by Gasteiger charge is 2.50. The quantitative estimate of drug-likeness (QED) is 0.0206. The zero-order valence-corrected chi connectivity index (χ0v) is 73.2. The predicted molar refractivity (Wildman–Crippen MR) is 478 cm³/mol. The monoisotopic (exact) mass is 1730 g/mol. The molecule has 678 valence electrons. The van der Waals surface area contributed by atoms with Crippen molar-refractivity contribution >= 4 is 85.9 Å². The number of aliphatic carboxylic acids is 3. The number of carboxylic acid groups (broad SMARTS) is 3. The van der Waals surface area contributed by atoms with E-state index in [0.29, 0.717) is 70.9 Å². The first-order valence-electron chi connectivity index (χ1n) is 47.5. The summed E-state index contributed by atoms with van der Waals surface area (Å²) in [6.45, 7) is -1.96. The van der Waals surface area contributed by atoms with Crippen LogP contribution in [-0.2, 0) is 43.3 Å². The van der Waals surface area contributed by atoms with Crippen LogP contribution < -0.4 is 33.5 Å². The molecule has 30 nitrogen and oxygen atoms in total. The minimum Gasteiger partial charge on any atom is -0.479 e. The minimum atomic E-state index is -1.19. The largest absolute Gasteiger partial charge is 0.479 e. The smallest absolute Gasteiger partial charge is 0.344 e. The normalized spacial score (nSPS) is 29.9. The number of nitrogens with zero attached hydrogens (tertiary/aromatic N) is 12. The van der Waals surface area contributed by atoms with Crippen LogP contribution in [0.4, 0.5) is 0 Å². The van der Waals surface area contributed by atoms with E-state index in [-0.39, 0.29) is 113 Å². The molecular weight excluding hydrogens is 1600 g/mol. The topological polar surface area (TPSA) is 406 Å². The van der Waals surface area contributed by atoms with E-state index in [0.717, 1.165) is 116 Å². The van der Waals surface area contributed by atoms with Gasteiger partial charge in [-0.15, -0.1) is 0 Å². The number of rotatable bonds is 27. The van der Waals surface area contributed by atoms with Crippen LogP contribution in [0, 0.1) is 35.5 Å². The zero-order chi connectivity index (χ0) is 87.6. The van der Waals surface area contributed by atoms with Crippen LogP contribution in [-0.4, -0.2) is 193 Å². The molecule has 12 bridgehead atoms. The summed E-state index contributed by atoms with van der Waals surface area (Å²) in [6, 6.07) is 27.7. The molecule has 0 spiro atoms. The van der Waals surface area contributed by atoms with Crippen molar-refractivity contribution in [1.82, 2.24) is 48.7 Å². The summed E-state index contributed by atoms with van der Waals surface area (Å²) in [7, 11) is 1.55. The fourth-order valence-corrected chi connectivity index (χ4v) is 25.8. The Labute approximate surface area is 735 Å². The van der Waals surface area contributed by atoms with Crippen molar-refractivity contribution in [2.45, 2.75) is 336 Å². The summed E-state index contributed by atoms with van der Waals surface area (Å²) >= 11 is 0. The minimum absolute atomic E-state index is 0.0129. The predicted octanol–water partition coefficient (Wildman–Crippen LogP) is 13.0. The third-order valence-corrected chi connectivity index (χ3v) is 30.6. The van der Waals surface area contributed by atoms with Crippen LogP contribution in [0.25, 0.3) is 33.1 Å². The fourth-order valence-electron chi connectivity index (χ4n) is 25.8. The number of hydrogen-bond donors (Lipinski definition) is 6. The van der Waals surface area contributed by atoms with E-state index in [4.69, 9.17) is 46.3 Å². The molecule has 6 saturated carbocycles. The molecule has 12 fully saturated rings. The molecule has 3 amide bonds. The van der Waals surface area contributed by atoms with Gasteiger partial charge in [-0.3, -0.25) is 43.5 Å². The number of carbonyl (C=O) groups is 6. The number of para-hydroxylation sites is 6. The molecule has 9 unspecified atom stereocenters. The molecule has 3 aromatic heterocycles. The van der Waals surface area contributed by atoms with E-state index in [1.165, 1.54) is 161 Å². The number of amides is 3. The Bertz CT molecular complexity index is 5140. The number of aromatic nitrogens is 6. The van der Waals surface area contributed by atoms with Gasteiger partial charge in [-0.05, 0) is 207 Å². The molecule has 6 saturated heterocycles. The Morgan fingerprint density at radius 2 is 0.595 bits per heavy atom. The lowest BCUT2D eigenvalue weighted by Gasteiger charge is -2.55. The van der Waals surface area contributed by atoms with Crippen molar-refractivity contribution in [1.29, 1.82) is 0 Å². The van der Waals surface area contributed by atoms with Crippen molar-refractivity contribution < 1.29 is 58.6 Å². The number of benzene rings is 3. The SMILES string of the molecule is CNC(=O)CCC(=NOCC(=O)O)c1nc2ccccc2n(C2C[C@H]3CCC[C@@H](C2)N3C2CC3CCCCC(C3)C2)c1=O.NC(=O)CCC(=NOCC(=O)O)c1nc2ccccc2n(C2C[C@H]3CCC[C@@H](C2)N3C2CC3CCCC(C3)C2)c1=O.NC(=O)CCC(=NOCC(=O)O)c1nc2ccccc2n(C2C[C@H]3CCC[C@@H](C2)N3C2CC3CCCCC(C3)C2)c1=O. The van der Waals surface area contributed by atoms with Crippen molar-refractivity contribution in [2.24, 2.45) is 62.4 Å². The third-order valence-electron chi connectivity index (χ3n) is 30.6. The maximum Gasteiger partial charge on any atom is 0.344 e. The average molecular weight is 1730 g/mol. The maximum absolute atomic E-state index is 14.3. The van der Waals surface area contributed by atoms with Crippen molar-refractivity contribution in [3.8, 4) is 0 Å². The number of nitrogens with one attached hydrogen (secondary N) is 1. The van der Waals surface area contributed by atoms with Gasteiger partial charge in [0.25, 0.3) is 16.7 Å². The molecule has 0 radical (unpaired) electrons. The van der Waals surface area contributed by atoms with E-state index in [1.807, 2.05) is 86.5 Å². The molecule has 15 atom stereocenters. The number of carbonyl (C=O) groups excluding carboxylic acids is 3. The summed E-state index contributed by atoms with van der Waals surface area (Å²) in [5.41, 5.74) is 15.1. The lowest BCUT2D eigenvalue weighted by atomic mass is 9.68. The van der Waals surface area contributed by atoms with Gasteiger partial charge in [0.1, 0.15) is 17.1 Å². The highest BCUT2D eigenvalue weighted by molar-refractivity contribution is 6.03. The van der Waals surface area contributed by atoms with Gasteiger partial charge < -0.3 is 60.3 Å². The van der Waals surface area contributed by atoms with Crippen LogP contribution in [0.3, 0.4) is 0 Å². The maximum atomic E-state index is 14.3. The van der Waals surface area contributed by atoms with E-state index in [1.54, 1.807) is 7.05 Å². The number of nitrogens with two attached hydrogens (primary N) is 2. The van der Waals surface area contributed by atoms with Crippen LogP contribution in [0.1, 0.15) is 298 Å². The van der Waals surface area contributed by atoms with Gasteiger partial charge in [0.2, 0.25) is 37.5 Å². The molecule has 12 aliphatic rings. The zero-order valence-electron chi connectivity index (χ0n) is 73.2. The average Bonchev–Trinajstić information content (AvgIpc) is 0.766. The molecule has 9 heterocycles. The Morgan fingerprint density at radius 3 is 0.857 bits per heavy atom.